The summed E-state index contributed by atoms with van der Waals surface area (Å²) in [5, 5.41) is 3.34. The Morgan fingerprint density at radius 1 is 1.31 bits per heavy atom. The van der Waals surface area contributed by atoms with Gasteiger partial charge in [-0.3, -0.25) is 9.69 Å². The Morgan fingerprint density at radius 2 is 2.06 bits per heavy atom. The number of piperidine rings is 1. The Bertz CT molecular complexity index is 235. The molecule has 0 aliphatic carbocycles. The second-order valence-corrected chi connectivity index (χ2v) is 4.64. The number of nitrogens with zero attached hydrogens (tertiary/aromatic N) is 1. The van der Waals surface area contributed by atoms with Gasteiger partial charge >= 0.3 is 0 Å². The van der Waals surface area contributed by atoms with Gasteiger partial charge in [-0.1, -0.05) is 0 Å². The lowest BCUT2D eigenvalue weighted by Crippen LogP contribution is -2.51. The number of carbonyl (C=O) groups is 1. The van der Waals surface area contributed by atoms with Crippen LogP contribution in [0.15, 0.2) is 0 Å². The minimum atomic E-state index is -0.231. The van der Waals surface area contributed by atoms with Crippen molar-refractivity contribution in [3.05, 3.63) is 0 Å². The van der Waals surface area contributed by atoms with Crippen LogP contribution in [0.3, 0.4) is 0 Å². The van der Waals surface area contributed by atoms with Gasteiger partial charge in [-0.15, -0.1) is 0 Å². The summed E-state index contributed by atoms with van der Waals surface area (Å²) in [6, 6.07) is 0.871. The van der Waals surface area contributed by atoms with E-state index in [0.717, 1.165) is 45.6 Å². The van der Waals surface area contributed by atoms with E-state index in [-0.39, 0.29) is 5.91 Å². The van der Waals surface area contributed by atoms with E-state index in [4.69, 9.17) is 10.5 Å². The Kier molecular flexibility index (Phi) is 4.15. The number of hydrogen-bond donors (Lipinski definition) is 2. The molecule has 1 atom stereocenters. The van der Waals surface area contributed by atoms with Crippen molar-refractivity contribution >= 4 is 5.91 Å². The topological polar surface area (TPSA) is 67.6 Å². The van der Waals surface area contributed by atoms with Gasteiger partial charge in [-0.25, -0.2) is 0 Å². The van der Waals surface area contributed by atoms with Gasteiger partial charge in [0.15, 0.2) is 0 Å². The van der Waals surface area contributed by atoms with Crippen LogP contribution in [0.2, 0.25) is 0 Å². The number of hydrogen-bond acceptors (Lipinski definition) is 4. The molecular weight excluding hydrogens is 206 g/mol. The fourth-order valence-corrected chi connectivity index (χ4v) is 2.66. The summed E-state index contributed by atoms with van der Waals surface area (Å²) in [6.45, 7) is 4.00. The zero-order chi connectivity index (χ0) is 11.4. The molecule has 0 bridgehead atoms. The first kappa shape index (κ1) is 11.8. The highest BCUT2D eigenvalue weighted by atomic mass is 16.5. The van der Waals surface area contributed by atoms with Gasteiger partial charge in [0, 0.05) is 18.7 Å². The maximum atomic E-state index is 11.1. The van der Waals surface area contributed by atoms with Gasteiger partial charge < -0.3 is 15.8 Å². The predicted molar refractivity (Wildman–Crippen MR) is 61.0 cm³/mol. The first-order valence-corrected chi connectivity index (χ1v) is 6.10. The third kappa shape index (κ3) is 2.93. The summed E-state index contributed by atoms with van der Waals surface area (Å²) >= 11 is 0. The monoisotopic (exact) mass is 227 g/mol. The quantitative estimate of drug-likeness (QED) is 0.667. The molecule has 5 heteroatoms. The molecule has 3 N–H and O–H groups in total. The number of primary amides is 1. The maximum absolute atomic E-state index is 11.1. The highest BCUT2D eigenvalue weighted by Crippen LogP contribution is 2.20. The largest absolute Gasteiger partial charge is 0.380 e. The number of rotatable bonds is 4. The Labute approximate surface area is 96.3 Å². The van der Waals surface area contributed by atoms with Crippen molar-refractivity contribution in [2.75, 3.05) is 32.8 Å². The van der Waals surface area contributed by atoms with E-state index in [1.165, 1.54) is 0 Å². The summed E-state index contributed by atoms with van der Waals surface area (Å²) in [6.07, 6.45) is 3.23. The second kappa shape index (κ2) is 5.61. The van der Waals surface area contributed by atoms with E-state index in [0.29, 0.717) is 18.6 Å². The fourth-order valence-electron chi connectivity index (χ4n) is 2.66. The van der Waals surface area contributed by atoms with E-state index < -0.39 is 0 Å². The molecule has 2 aliphatic heterocycles. The van der Waals surface area contributed by atoms with Crippen molar-refractivity contribution in [3.8, 4) is 0 Å². The normalized spacial score (nSPS) is 27.4. The molecule has 0 aromatic heterocycles. The molecule has 0 radical (unpaired) electrons. The SMILES string of the molecule is NC(=O)CN(C1CCNCC1)C1CCOC1. The predicted octanol–water partition coefficient (Wildman–Crippen LogP) is -0.685. The van der Waals surface area contributed by atoms with Crippen molar-refractivity contribution in [1.29, 1.82) is 0 Å². The van der Waals surface area contributed by atoms with Crippen LogP contribution in [0, 0.1) is 0 Å². The second-order valence-electron chi connectivity index (χ2n) is 4.64. The third-order valence-corrected chi connectivity index (χ3v) is 3.49. The average molecular weight is 227 g/mol. The lowest BCUT2D eigenvalue weighted by atomic mass is 10.0. The van der Waals surface area contributed by atoms with Crippen molar-refractivity contribution in [2.24, 2.45) is 5.73 Å². The molecule has 2 heterocycles. The van der Waals surface area contributed by atoms with E-state index in [2.05, 4.69) is 10.2 Å². The molecular formula is C11H21N3O2. The van der Waals surface area contributed by atoms with Gasteiger partial charge in [0.05, 0.1) is 13.2 Å². The first-order chi connectivity index (χ1) is 7.77. The lowest BCUT2D eigenvalue weighted by molar-refractivity contribution is -0.120. The summed E-state index contributed by atoms with van der Waals surface area (Å²) in [4.78, 5) is 13.4. The molecule has 0 aromatic carbocycles. The summed E-state index contributed by atoms with van der Waals surface area (Å²) in [7, 11) is 0. The highest BCUT2D eigenvalue weighted by molar-refractivity contribution is 5.76. The van der Waals surface area contributed by atoms with Gasteiger partial charge in [-0.2, -0.15) is 0 Å². The number of nitrogens with one attached hydrogen (secondary N) is 1. The van der Waals surface area contributed by atoms with Gasteiger partial charge in [-0.05, 0) is 32.4 Å². The summed E-state index contributed by atoms with van der Waals surface area (Å²) < 4.78 is 5.40. The Morgan fingerprint density at radius 3 is 2.62 bits per heavy atom. The van der Waals surface area contributed by atoms with Crippen LogP contribution in [0.25, 0.3) is 0 Å². The number of amides is 1. The smallest absolute Gasteiger partial charge is 0.231 e. The molecule has 0 spiro atoms. The minimum absolute atomic E-state index is 0.231. The van der Waals surface area contributed by atoms with Crippen molar-refractivity contribution in [3.63, 3.8) is 0 Å². The van der Waals surface area contributed by atoms with Crippen LogP contribution in [0.5, 0.6) is 0 Å². The van der Waals surface area contributed by atoms with Gasteiger partial charge in [0.25, 0.3) is 0 Å². The number of ether oxygens (including phenoxy) is 1. The zero-order valence-corrected chi connectivity index (χ0v) is 9.65. The van der Waals surface area contributed by atoms with Crippen LogP contribution >= 0.6 is 0 Å². The van der Waals surface area contributed by atoms with Crippen molar-refractivity contribution < 1.29 is 9.53 Å². The van der Waals surface area contributed by atoms with Crippen LogP contribution in [-0.4, -0.2) is 55.7 Å². The lowest BCUT2D eigenvalue weighted by Gasteiger charge is -2.37. The standard InChI is InChI=1S/C11H21N3O2/c12-11(15)7-14(10-3-6-16-8-10)9-1-4-13-5-2-9/h9-10,13H,1-8H2,(H2,12,15). The highest BCUT2D eigenvalue weighted by Gasteiger charge is 2.30. The molecule has 2 fully saturated rings. The molecule has 0 aromatic rings. The fraction of sp³-hybridized carbons (Fsp3) is 0.909. The summed E-state index contributed by atoms with van der Waals surface area (Å²) in [5.41, 5.74) is 5.33. The van der Waals surface area contributed by atoms with Crippen LogP contribution in [-0.2, 0) is 9.53 Å². The Balaban J connectivity index is 1.96. The molecule has 16 heavy (non-hydrogen) atoms. The zero-order valence-electron chi connectivity index (χ0n) is 9.65. The van der Waals surface area contributed by atoms with E-state index in [9.17, 15) is 4.79 Å². The number of nitrogens with two attached hydrogens (primary N) is 1. The summed E-state index contributed by atoms with van der Waals surface area (Å²) in [5.74, 6) is -0.231. The van der Waals surface area contributed by atoms with Crippen LogP contribution in [0.1, 0.15) is 19.3 Å². The molecule has 1 unspecified atom stereocenters. The van der Waals surface area contributed by atoms with Gasteiger partial charge in [0.1, 0.15) is 0 Å². The van der Waals surface area contributed by atoms with Crippen LogP contribution < -0.4 is 11.1 Å². The molecule has 1 amide bonds. The molecule has 0 saturated carbocycles. The van der Waals surface area contributed by atoms with Crippen molar-refractivity contribution in [1.82, 2.24) is 10.2 Å². The Hall–Kier alpha value is -0.650. The minimum Gasteiger partial charge on any atom is -0.380 e. The van der Waals surface area contributed by atoms with Crippen molar-refractivity contribution in [2.45, 2.75) is 31.3 Å². The van der Waals surface area contributed by atoms with E-state index in [1.54, 1.807) is 0 Å². The number of carbonyl (C=O) groups excluding carboxylic acids is 1. The molecule has 5 nitrogen and oxygen atoms in total. The first-order valence-electron chi connectivity index (χ1n) is 6.10. The van der Waals surface area contributed by atoms with E-state index in [1.807, 2.05) is 0 Å². The molecule has 2 rings (SSSR count). The average Bonchev–Trinajstić information content (AvgIpc) is 2.80. The third-order valence-electron chi connectivity index (χ3n) is 3.49. The molecule has 2 aliphatic rings. The molecule has 92 valence electrons. The molecule has 2 saturated heterocycles. The van der Waals surface area contributed by atoms with Crippen LogP contribution in [0.4, 0.5) is 0 Å². The van der Waals surface area contributed by atoms with E-state index >= 15 is 0 Å². The van der Waals surface area contributed by atoms with Gasteiger partial charge in [0.2, 0.25) is 5.91 Å². The maximum Gasteiger partial charge on any atom is 0.231 e.